The van der Waals surface area contributed by atoms with Gasteiger partial charge in [0.1, 0.15) is 30.7 Å². The number of aliphatic hydroxyl groups is 1. The van der Waals surface area contributed by atoms with Crippen molar-refractivity contribution in [2.45, 2.75) is 189 Å². The van der Waals surface area contributed by atoms with Gasteiger partial charge < -0.3 is 66.8 Å². The van der Waals surface area contributed by atoms with Crippen LogP contribution >= 0.6 is 22.6 Å². The number of carbonyl (C=O) groups excluding carboxylic acids is 3. The quantitative estimate of drug-likeness (QED) is 0.0522. The van der Waals surface area contributed by atoms with Crippen LogP contribution in [0.25, 0.3) is 5.57 Å². The first-order valence-corrected chi connectivity index (χ1v) is 30.6. The van der Waals surface area contributed by atoms with E-state index in [1.807, 2.05) is 81.6 Å². The first-order valence-electron chi connectivity index (χ1n) is 29.4. The summed E-state index contributed by atoms with van der Waals surface area (Å²) in [4.78, 5) is 47.7. The highest BCUT2D eigenvalue weighted by Crippen LogP contribution is 2.45. The Morgan fingerprint density at radius 1 is 0.904 bits per heavy atom. The van der Waals surface area contributed by atoms with Gasteiger partial charge in [-0.15, -0.1) is 5.10 Å². The minimum Gasteiger partial charge on any atom is -0.447 e. The van der Waals surface area contributed by atoms with Crippen LogP contribution in [0.4, 0.5) is 9.18 Å². The fraction of sp³-hybridized carbons (Fsp3) is 0.783. The highest BCUT2D eigenvalue weighted by Gasteiger charge is 2.61. The van der Waals surface area contributed by atoms with Gasteiger partial charge in [0.05, 0.1) is 86.3 Å². The van der Waals surface area contributed by atoms with Crippen LogP contribution in [0.15, 0.2) is 36.5 Å². The van der Waals surface area contributed by atoms with Crippen molar-refractivity contribution in [3.8, 4) is 0 Å². The van der Waals surface area contributed by atoms with E-state index in [1.54, 1.807) is 66.8 Å². The molecule has 0 saturated carbocycles. The number of methoxy groups -OCH3 is 4. The average Bonchev–Trinajstić information content (AvgIpc) is 2.68. The summed E-state index contributed by atoms with van der Waals surface area (Å²) in [5.74, 6) is -3.99. The van der Waals surface area contributed by atoms with Gasteiger partial charge in [-0.05, 0) is 107 Å². The molecule has 5 aliphatic heterocycles. The number of ether oxygens (including phenoxy) is 12. The number of Topliss-reactive ketones (excluding diaryl/α,β-unsaturated/α-hetero) is 1. The summed E-state index contributed by atoms with van der Waals surface area (Å²) >= 11 is 1.98. The fourth-order valence-electron chi connectivity index (χ4n) is 13.1. The molecule has 5 aliphatic rings. The van der Waals surface area contributed by atoms with E-state index in [4.69, 9.17) is 56.8 Å². The number of hydrogen-bond donors (Lipinski definition) is 1. The summed E-state index contributed by atoms with van der Waals surface area (Å²) in [6.07, 6.45) is -0.218. The van der Waals surface area contributed by atoms with Gasteiger partial charge in [0.25, 0.3) is 0 Å². The average molecular weight is 1290 g/mol. The zero-order valence-electron chi connectivity index (χ0n) is 51.2. The molecule has 4 fully saturated rings. The molecule has 21 nitrogen and oxygen atoms in total. The number of ketones is 1. The lowest BCUT2D eigenvalue weighted by Gasteiger charge is -2.49. The Bertz CT molecular complexity index is 2460. The summed E-state index contributed by atoms with van der Waals surface area (Å²) in [6, 6.07) is 6.39. The summed E-state index contributed by atoms with van der Waals surface area (Å²) in [5, 5.41) is 20.1. The minimum atomic E-state index is -1.48. The number of carbonyl (C=O) groups is 3. The van der Waals surface area contributed by atoms with Crippen LogP contribution in [-0.4, -0.2) is 212 Å². The van der Waals surface area contributed by atoms with Gasteiger partial charge in [-0.2, -0.15) is 0 Å². The number of likely N-dealkylation sites (N-methyl/N-ethyl adjacent to an activating group) is 1. The number of aliphatic hydroxyl groups excluding tert-OH is 1. The third-order valence-electron chi connectivity index (χ3n) is 18.2. The number of cyclic esters (lactones) is 1. The third-order valence-corrected chi connectivity index (χ3v) is 19.7. The molecule has 1 amide bonds. The van der Waals surface area contributed by atoms with Crippen LogP contribution in [0.3, 0.4) is 0 Å². The Morgan fingerprint density at radius 3 is 2.28 bits per heavy atom. The summed E-state index contributed by atoms with van der Waals surface area (Å²) in [5.41, 5.74) is 0.0838. The lowest BCUT2D eigenvalue weighted by atomic mass is 9.74. The highest BCUT2D eigenvalue weighted by molar-refractivity contribution is 14.1. The smallest absolute Gasteiger partial charge is 0.411 e. The summed E-state index contributed by atoms with van der Waals surface area (Å²) in [7, 11) is 8.30. The number of aromatic nitrogens is 3. The number of alkyl halides is 2. The molecule has 0 unspecified atom stereocenters. The van der Waals surface area contributed by atoms with E-state index in [-0.39, 0.29) is 43.9 Å². The summed E-state index contributed by atoms with van der Waals surface area (Å²) in [6.45, 7) is 18.5. The Kier molecular flexibility index (Phi) is 24.0. The van der Waals surface area contributed by atoms with Gasteiger partial charge in [-0.1, -0.05) is 56.3 Å². The summed E-state index contributed by atoms with van der Waals surface area (Å²) < 4.78 is 90.1. The van der Waals surface area contributed by atoms with Crippen LogP contribution in [0.2, 0.25) is 0 Å². The second-order valence-corrected chi connectivity index (χ2v) is 25.2. The Hall–Kier alpha value is -3.31. The topological polar surface area (TPSA) is 219 Å². The van der Waals surface area contributed by atoms with Crippen LogP contribution in [0, 0.1) is 23.7 Å². The van der Waals surface area contributed by atoms with Gasteiger partial charge in [0, 0.05) is 90.8 Å². The fourth-order valence-corrected chi connectivity index (χ4v) is 13.8. The normalized spacial score (nSPS) is 36.7. The van der Waals surface area contributed by atoms with Crippen molar-refractivity contribution in [3.63, 3.8) is 0 Å². The van der Waals surface area contributed by atoms with E-state index >= 15 is 9.18 Å². The lowest BCUT2D eigenvalue weighted by molar-refractivity contribution is -0.309. The van der Waals surface area contributed by atoms with Crippen molar-refractivity contribution in [2.24, 2.45) is 23.7 Å². The molecular weight excluding hydrogens is 1190 g/mol. The predicted octanol–water partition coefficient (Wildman–Crippen LogP) is 7.49. The molecule has 0 aliphatic carbocycles. The van der Waals surface area contributed by atoms with E-state index < -0.39 is 119 Å². The molecule has 0 radical (unpaired) electrons. The number of rotatable bonds is 22. The Labute approximate surface area is 503 Å². The standard InChI is InChI=1S/C60H93FIN5O16/c1-35-31-59(8,75-14)54(81-47-30-45(29-36(2)78-47)65(10)22-19-44-34-67(64-63-44)46(33-61)51(73-12)43-17-15-41(16-18-43)42-20-24-76-25-21-42)38(4)50(80-48-32-58(7,74-13)53(69)40(6)79-48)39(5)55(70)82-56(62)60(9)52(37(3)49(35)68)66(57(71)83-60)23-26-77-28-27-72-11/h15-18,20,34-40,45-48,50-54,56,69H,19,21-33H2,1-14H3/t35-,36-,37+,38+,39-,40+,45+,46-,47+,48+,50+,51-,52-,53+,54-,56+,58-,59-,60+/m1/s1. The van der Waals surface area contributed by atoms with Crippen LogP contribution in [-0.2, 0) is 72.9 Å². The maximum Gasteiger partial charge on any atom is 0.411 e. The van der Waals surface area contributed by atoms with E-state index in [1.165, 1.54) is 17.6 Å². The number of nitrogens with zero attached hydrogens (tertiary/aromatic N) is 5. The largest absolute Gasteiger partial charge is 0.447 e. The monoisotopic (exact) mass is 1290 g/mol. The predicted molar refractivity (Wildman–Crippen MR) is 312 cm³/mol. The van der Waals surface area contributed by atoms with Crippen LogP contribution in [0.5, 0.6) is 0 Å². The van der Waals surface area contributed by atoms with Gasteiger partial charge in [0.15, 0.2) is 22.3 Å². The molecule has 19 atom stereocenters. The minimum absolute atomic E-state index is 0.0325. The van der Waals surface area contributed by atoms with Crippen molar-refractivity contribution in [3.05, 3.63) is 53.4 Å². The molecule has 1 aromatic heterocycles. The van der Waals surface area contributed by atoms with Gasteiger partial charge >= 0.3 is 12.1 Å². The Balaban J connectivity index is 1.14. The van der Waals surface area contributed by atoms with Crippen LogP contribution < -0.4 is 0 Å². The van der Waals surface area contributed by atoms with E-state index in [9.17, 15) is 14.7 Å². The molecule has 83 heavy (non-hydrogen) atoms. The lowest BCUT2D eigenvalue weighted by Crippen LogP contribution is -2.60. The number of halogens is 2. The number of hydrogen-bond acceptors (Lipinski definition) is 19. The SMILES string of the molecule is COCCOCCN1C(=O)O[C@]2(C)[C@@H](I)OC(=O)[C@H](C)[C@@H](O[C@H]3C[C@@](C)(OC)[C@@H](O)[C@H](C)O3)[C@H](C)[C@@H](O[C@H]3C[C@@H](N(C)CCc4cn([C@H](CF)[C@H](OC)c5ccc(C6=CCOCC6)cc5)nn4)C[C@@H](C)O3)[C@](C)(OC)C[C@@H](C)C(=O)[C@H](C)[C@@H]12. The molecule has 1 aromatic carbocycles. The highest BCUT2D eigenvalue weighted by atomic mass is 127. The second-order valence-electron chi connectivity index (χ2n) is 24.1. The van der Waals surface area contributed by atoms with E-state index in [2.05, 4.69) is 21.3 Å². The zero-order valence-corrected chi connectivity index (χ0v) is 53.3. The molecule has 1 N–H and O–H groups in total. The molecule has 0 bridgehead atoms. The first-order chi connectivity index (χ1) is 39.5. The van der Waals surface area contributed by atoms with Gasteiger partial charge in [-0.3, -0.25) is 14.5 Å². The molecule has 23 heteroatoms. The molecule has 6 heterocycles. The second kappa shape index (κ2) is 29.6. The maximum absolute atomic E-state index is 15.1. The third kappa shape index (κ3) is 15.5. The van der Waals surface area contributed by atoms with Crippen molar-refractivity contribution >= 4 is 46.0 Å². The number of fused-ring (bicyclic) bond motifs is 1. The number of esters is 1. The maximum atomic E-state index is 15.1. The van der Waals surface area contributed by atoms with Crippen molar-refractivity contribution in [2.75, 3.05) is 88.3 Å². The van der Waals surface area contributed by atoms with Crippen molar-refractivity contribution < 1.29 is 80.7 Å². The van der Waals surface area contributed by atoms with E-state index in [0.717, 1.165) is 17.5 Å². The number of benzene rings is 1. The first kappa shape index (κ1) is 67.2. The van der Waals surface area contributed by atoms with Crippen molar-refractivity contribution in [1.82, 2.24) is 24.8 Å². The molecule has 4 saturated heterocycles. The zero-order chi connectivity index (χ0) is 60.6. The molecule has 7 rings (SSSR count). The van der Waals surface area contributed by atoms with Gasteiger partial charge in [-0.25, -0.2) is 13.9 Å². The number of amides is 1. The molecule has 0 spiro atoms. The van der Waals surface area contributed by atoms with Gasteiger partial charge in [0.2, 0.25) is 0 Å². The van der Waals surface area contributed by atoms with E-state index in [0.29, 0.717) is 57.9 Å². The molecular formula is C60H93FIN5O16. The van der Waals surface area contributed by atoms with Crippen LogP contribution in [0.1, 0.15) is 123 Å². The molecule has 468 valence electrons. The van der Waals surface area contributed by atoms with Crippen molar-refractivity contribution in [1.29, 1.82) is 0 Å². The Morgan fingerprint density at radius 2 is 1.63 bits per heavy atom. The molecule has 2 aromatic rings.